The molecule has 1 aromatic carbocycles. The molecule has 1 aromatic heterocycles. The molecule has 6 nitrogen and oxygen atoms in total. The Balaban J connectivity index is 1.91. The Hall–Kier alpha value is -2.38. The quantitative estimate of drug-likeness (QED) is 0.841. The second-order valence-electron chi connectivity index (χ2n) is 7.74. The number of fused-ring (bicyclic) bond motifs is 1. The van der Waals surface area contributed by atoms with Crippen molar-refractivity contribution in [3.8, 4) is 0 Å². The number of nitrogens with one attached hydrogen (secondary N) is 1. The van der Waals surface area contributed by atoms with Crippen LogP contribution in [-0.4, -0.2) is 45.2 Å². The number of aromatic amines is 1. The lowest BCUT2D eigenvalue weighted by Crippen LogP contribution is -2.51. The number of carbonyl (C=O) groups excluding carboxylic acids is 1. The monoisotopic (exact) mass is 367 g/mol. The number of H-pyrrole nitrogens is 1. The molecule has 142 valence electrons. The number of para-hydroxylation sites is 1. The molecule has 0 saturated carbocycles. The number of imidazole rings is 1. The Bertz CT molecular complexity index is 895. The van der Waals surface area contributed by atoms with Crippen molar-refractivity contribution in [2.45, 2.75) is 44.6 Å². The summed E-state index contributed by atoms with van der Waals surface area (Å²) in [5, 5.41) is 0. The number of aryl methyl sites for hydroxylation is 1. The van der Waals surface area contributed by atoms with E-state index in [0.29, 0.717) is 16.6 Å². The maximum atomic E-state index is 14.9. The third kappa shape index (κ3) is 3.32. The molecule has 26 heavy (non-hydrogen) atoms. The zero-order valence-corrected chi connectivity index (χ0v) is 15.3. The van der Waals surface area contributed by atoms with E-state index in [2.05, 4.69) is 4.98 Å². The number of carbonyl (C=O) groups is 1. The van der Waals surface area contributed by atoms with Crippen molar-refractivity contribution in [2.24, 2.45) is 7.05 Å². The van der Waals surface area contributed by atoms with Crippen LogP contribution >= 0.6 is 0 Å². The SMILES string of the molecule is Cn1c(=O)[nH]c2cccc([C@H]3CCN(C(=O)OC(C)(C)C)CC3(F)F)c21. The van der Waals surface area contributed by atoms with Crippen LogP contribution in [0.15, 0.2) is 23.0 Å². The first-order chi connectivity index (χ1) is 12.0. The van der Waals surface area contributed by atoms with Crippen LogP contribution in [-0.2, 0) is 11.8 Å². The van der Waals surface area contributed by atoms with E-state index in [0.717, 1.165) is 4.90 Å². The number of aromatic nitrogens is 2. The van der Waals surface area contributed by atoms with Gasteiger partial charge in [0.2, 0.25) is 0 Å². The molecule has 0 spiro atoms. The summed E-state index contributed by atoms with van der Waals surface area (Å²) >= 11 is 0. The van der Waals surface area contributed by atoms with E-state index in [1.807, 2.05) is 0 Å². The van der Waals surface area contributed by atoms with Gasteiger partial charge >= 0.3 is 11.8 Å². The molecule has 1 amide bonds. The number of piperidine rings is 1. The van der Waals surface area contributed by atoms with E-state index < -0.39 is 30.1 Å². The van der Waals surface area contributed by atoms with Crippen LogP contribution in [0.3, 0.4) is 0 Å². The molecule has 0 unspecified atom stereocenters. The molecule has 1 saturated heterocycles. The lowest BCUT2D eigenvalue weighted by Gasteiger charge is -2.39. The Labute approximate surface area is 149 Å². The van der Waals surface area contributed by atoms with Crippen LogP contribution in [0.2, 0.25) is 0 Å². The lowest BCUT2D eigenvalue weighted by molar-refractivity contribution is -0.0846. The number of hydrogen-bond donors (Lipinski definition) is 1. The zero-order chi connectivity index (χ0) is 19.3. The molecule has 1 N–H and O–H groups in total. The van der Waals surface area contributed by atoms with Gasteiger partial charge in [0, 0.05) is 13.6 Å². The second-order valence-corrected chi connectivity index (χ2v) is 7.74. The van der Waals surface area contributed by atoms with Crippen molar-refractivity contribution >= 4 is 17.1 Å². The summed E-state index contributed by atoms with van der Waals surface area (Å²) in [6.07, 6.45) is -0.645. The second kappa shape index (κ2) is 6.10. The molecular weight excluding hydrogens is 344 g/mol. The number of rotatable bonds is 1. The summed E-state index contributed by atoms with van der Waals surface area (Å²) in [6, 6.07) is 4.97. The van der Waals surface area contributed by atoms with Crippen molar-refractivity contribution in [3.63, 3.8) is 0 Å². The minimum atomic E-state index is -3.13. The van der Waals surface area contributed by atoms with Crippen LogP contribution < -0.4 is 5.69 Å². The highest BCUT2D eigenvalue weighted by Crippen LogP contribution is 2.42. The first-order valence-electron chi connectivity index (χ1n) is 8.53. The fraction of sp³-hybridized carbons (Fsp3) is 0.556. The molecule has 1 aliphatic heterocycles. The molecule has 1 atom stereocenters. The highest BCUT2D eigenvalue weighted by Gasteiger charge is 2.48. The standard InChI is InChI=1S/C18H23F2N3O3/c1-17(2,3)26-16(25)23-9-8-12(18(19,20)10-23)11-6-5-7-13-14(11)22(4)15(24)21-13/h5-7,12H,8-10H2,1-4H3,(H,21,24)/t12-/m1/s1. The minimum Gasteiger partial charge on any atom is -0.444 e. The first kappa shape index (κ1) is 18.4. The summed E-state index contributed by atoms with van der Waals surface area (Å²) in [5.41, 5.74) is 0.338. The van der Waals surface area contributed by atoms with E-state index in [1.54, 1.807) is 46.0 Å². The largest absolute Gasteiger partial charge is 0.444 e. The van der Waals surface area contributed by atoms with Gasteiger partial charge in [0.25, 0.3) is 5.92 Å². The van der Waals surface area contributed by atoms with Crippen LogP contribution in [0.4, 0.5) is 13.6 Å². The molecule has 2 aromatic rings. The molecule has 2 heterocycles. The number of alkyl halides is 2. The third-order valence-corrected chi connectivity index (χ3v) is 4.58. The van der Waals surface area contributed by atoms with Gasteiger partial charge < -0.3 is 14.6 Å². The maximum Gasteiger partial charge on any atom is 0.410 e. The van der Waals surface area contributed by atoms with Crippen LogP contribution in [0, 0.1) is 0 Å². The van der Waals surface area contributed by atoms with Crippen molar-refractivity contribution in [2.75, 3.05) is 13.1 Å². The predicted octanol–water partition coefficient (Wildman–Crippen LogP) is 3.23. The lowest BCUT2D eigenvalue weighted by atomic mass is 9.85. The Morgan fingerprint density at radius 2 is 2.04 bits per heavy atom. The van der Waals surface area contributed by atoms with E-state index >= 15 is 0 Å². The average Bonchev–Trinajstić information content (AvgIpc) is 2.80. The van der Waals surface area contributed by atoms with E-state index in [4.69, 9.17) is 4.74 Å². The molecule has 1 fully saturated rings. The summed E-state index contributed by atoms with van der Waals surface area (Å²) in [5.74, 6) is -4.21. The summed E-state index contributed by atoms with van der Waals surface area (Å²) < 4.78 is 36.4. The highest BCUT2D eigenvalue weighted by atomic mass is 19.3. The van der Waals surface area contributed by atoms with Crippen molar-refractivity contribution in [3.05, 3.63) is 34.2 Å². The maximum absolute atomic E-state index is 14.9. The van der Waals surface area contributed by atoms with Gasteiger partial charge in [-0.05, 0) is 38.8 Å². The summed E-state index contributed by atoms with van der Waals surface area (Å²) in [6.45, 7) is 4.56. The molecule has 0 bridgehead atoms. The van der Waals surface area contributed by atoms with E-state index in [1.165, 1.54) is 4.57 Å². The van der Waals surface area contributed by atoms with Gasteiger partial charge in [-0.2, -0.15) is 0 Å². The minimum absolute atomic E-state index is 0.0880. The van der Waals surface area contributed by atoms with Gasteiger partial charge in [0.05, 0.1) is 23.5 Å². The third-order valence-electron chi connectivity index (χ3n) is 4.58. The highest BCUT2D eigenvalue weighted by molar-refractivity contribution is 5.80. The molecule has 1 aliphatic rings. The van der Waals surface area contributed by atoms with E-state index in [9.17, 15) is 18.4 Å². The molecular formula is C18H23F2N3O3. The number of benzene rings is 1. The van der Waals surface area contributed by atoms with Gasteiger partial charge in [-0.15, -0.1) is 0 Å². The number of halogens is 2. The fourth-order valence-corrected chi connectivity index (χ4v) is 3.42. The number of likely N-dealkylation sites (tertiary alicyclic amines) is 1. The Kier molecular flexibility index (Phi) is 4.32. The van der Waals surface area contributed by atoms with Gasteiger partial charge in [0.1, 0.15) is 5.60 Å². The average molecular weight is 367 g/mol. The zero-order valence-electron chi connectivity index (χ0n) is 15.3. The Morgan fingerprint density at radius 1 is 1.35 bits per heavy atom. The molecule has 3 rings (SSSR count). The number of ether oxygens (including phenoxy) is 1. The number of hydrogen-bond acceptors (Lipinski definition) is 3. The van der Waals surface area contributed by atoms with Gasteiger partial charge in [-0.1, -0.05) is 12.1 Å². The van der Waals surface area contributed by atoms with Crippen LogP contribution in [0.5, 0.6) is 0 Å². The first-order valence-corrected chi connectivity index (χ1v) is 8.53. The van der Waals surface area contributed by atoms with Crippen LogP contribution in [0.25, 0.3) is 11.0 Å². The van der Waals surface area contributed by atoms with Gasteiger partial charge in [-0.25, -0.2) is 18.4 Å². The van der Waals surface area contributed by atoms with E-state index in [-0.39, 0.29) is 18.7 Å². The number of amides is 1. The predicted molar refractivity (Wildman–Crippen MR) is 93.7 cm³/mol. The topological polar surface area (TPSA) is 67.3 Å². The normalized spacial score (nSPS) is 20.4. The van der Waals surface area contributed by atoms with Gasteiger partial charge in [-0.3, -0.25) is 4.57 Å². The molecule has 0 aliphatic carbocycles. The summed E-state index contributed by atoms with van der Waals surface area (Å²) in [7, 11) is 1.55. The Morgan fingerprint density at radius 3 is 2.65 bits per heavy atom. The van der Waals surface area contributed by atoms with Crippen LogP contribution in [0.1, 0.15) is 38.7 Å². The van der Waals surface area contributed by atoms with Crippen molar-refractivity contribution < 1.29 is 18.3 Å². The molecule has 0 radical (unpaired) electrons. The number of nitrogens with zero attached hydrogens (tertiary/aromatic N) is 2. The molecule has 8 heteroatoms. The van der Waals surface area contributed by atoms with Crippen molar-refractivity contribution in [1.29, 1.82) is 0 Å². The van der Waals surface area contributed by atoms with Crippen molar-refractivity contribution in [1.82, 2.24) is 14.5 Å². The summed E-state index contributed by atoms with van der Waals surface area (Å²) in [4.78, 5) is 27.7. The fourth-order valence-electron chi connectivity index (χ4n) is 3.42. The van der Waals surface area contributed by atoms with Gasteiger partial charge in [0.15, 0.2) is 0 Å². The smallest absolute Gasteiger partial charge is 0.410 e.